The SMILES string of the molecule is Cn1nc(/C=C/C2=C(Cl)C[C@@H]3CC[C@H](C2)C32CN(CC(F)(F)F)S(=O)(=O)N2)cc1-c1ccc(F)cc1. The molecule has 2 bridgehead atoms. The molecule has 2 fully saturated rings. The Morgan fingerprint density at radius 1 is 1.17 bits per heavy atom. The lowest BCUT2D eigenvalue weighted by molar-refractivity contribution is -0.136. The normalized spacial score (nSPS) is 28.5. The summed E-state index contributed by atoms with van der Waals surface area (Å²) in [6, 6.07) is 7.97. The number of hydrogen-bond donors (Lipinski definition) is 1. The molecule has 0 amide bonds. The molecule has 2 heterocycles. The van der Waals surface area contributed by atoms with Crippen LogP contribution >= 0.6 is 11.6 Å². The second-order valence-electron chi connectivity index (χ2n) is 9.76. The van der Waals surface area contributed by atoms with Gasteiger partial charge in [-0.05, 0) is 85.1 Å². The van der Waals surface area contributed by atoms with Crippen molar-refractivity contribution in [1.29, 1.82) is 0 Å². The minimum atomic E-state index is -4.62. The van der Waals surface area contributed by atoms with E-state index < -0.39 is 28.5 Å². The lowest BCUT2D eigenvalue weighted by atomic mass is 9.79. The van der Waals surface area contributed by atoms with Crippen LogP contribution in [-0.4, -0.2) is 47.3 Å². The quantitative estimate of drug-likeness (QED) is 0.551. The van der Waals surface area contributed by atoms with Gasteiger partial charge in [0.15, 0.2) is 0 Å². The van der Waals surface area contributed by atoms with E-state index in [1.165, 1.54) is 12.1 Å². The van der Waals surface area contributed by atoms with Crippen molar-refractivity contribution in [2.75, 3.05) is 13.1 Å². The zero-order valence-electron chi connectivity index (χ0n) is 19.4. The van der Waals surface area contributed by atoms with Crippen LogP contribution in [0, 0.1) is 17.7 Å². The van der Waals surface area contributed by atoms with Crippen molar-refractivity contribution in [2.45, 2.75) is 37.4 Å². The van der Waals surface area contributed by atoms with Crippen molar-refractivity contribution in [3.63, 3.8) is 0 Å². The van der Waals surface area contributed by atoms with Gasteiger partial charge in [-0.1, -0.05) is 17.7 Å². The zero-order valence-corrected chi connectivity index (χ0v) is 21.0. The number of aryl methyl sites for hydroxylation is 1. The van der Waals surface area contributed by atoms with Gasteiger partial charge in [0.05, 0.1) is 16.9 Å². The first kappa shape index (κ1) is 25.4. The molecule has 1 aliphatic heterocycles. The number of benzene rings is 1. The van der Waals surface area contributed by atoms with Crippen molar-refractivity contribution in [1.82, 2.24) is 18.8 Å². The van der Waals surface area contributed by atoms with Crippen molar-refractivity contribution in [3.8, 4) is 11.3 Å². The lowest BCUT2D eigenvalue weighted by Crippen LogP contribution is -2.51. The molecule has 3 aliphatic rings. The second-order valence-corrected chi connectivity index (χ2v) is 11.9. The molecular formula is C24H25ClF4N4O2S. The molecule has 1 saturated heterocycles. The van der Waals surface area contributed by atoms with E-state index in [9.17, 15) is 26.0 Å². The Kier molecular flexibility index (Phi) is 6.34. The first-order chi connectivity index (χ1) is 16.9. The highest BCUT2D eigenvalue weighted by Gasteiger charge is 2.60. The Labute approximate surface area is 211 Å². The molecule has 6 nitrogen and oxygen atoms in total. The smallest absolute Gasteiger partial charge is 0.267 e. The molecule has 3 atom stereocenters. The summed E-state index contributed by atoms with van der Waals surface area (Å²) < 4.78 is 82.4. The van der Waals surface area contributed by atoms with Crippen LogP contribution in [0.15, 0.2) is 47.0 Å². The largest absolute Gasteiger partial charge is 0.402 e. The van der Waals surface area contributed by atoms with Gasteiger partial charge in [0.1, 0.15) is 12.4 Å². The highest BCUT2D eigenvalue weighted by molar-refractivity contribution is 7.87. The number of allylic oxidation sites excluding steroid dienone is 3. The van der Waals surface area contributed by atoms with Gasteiger partial charge in [-0.15, -0.1) is 0 Å². The summed E-state index contributed by atoms with van der Waals surface area (Å²) in [4.78, 5) is 0. The maximum absolute atomic E-state index is 13.3. The molecule has 1 unspecified atom stereocenters. The predicted octanol–water partition coefficient (Wildman–Crippen LogP) is 5.00. The number of aromatic nitrogens is 2. The fourth-order valence-electron chi connectivity index (χ4n) is 5.83. The summed E-state index contributed by atoms with van der Waals surface area (Å²) in [6.07, 6.45) is 1.28. The van der Waals surface area contributed by atoms with Crippen molar-refractivity contribution in [2.24, 2.45) is 18.9 Å². The summed E-state index contributed by atoms with van der Waals surface area (Å²) >= 11 is 6.67. The van der Waals surface area contributed by atoms with E-state index in [-0.39, 0.29) is 24.2 Å². The molecule has 1 aromatic heterocycles. The van der Waals surface area contributed by atoms with E-state index in [0.717, 1.165) is 16.8 Å². The third-order valence-electron chi connectivity index (χ3n) is 7.51. The van der Waals surface area contributed by atoms with E-state index in [2.05, 4.69) is 9.82 Å². The first-order valence-electron chi connectivity index (χ1n) is 11.6. The summed E-state index contributed by atoms with van der Waals surface area (Å²) in [5, 5.41) is 5.07. The van der Waals surface area contributed by atoms with Gasteiger partial charge in [-0.25, -0.2) is 4.39 Å². The third-order valence-corrected chi connectivity index (χ3v) is 9.48. The van der Waals surface area contributed by atoms with Gasteiger partial charge < -0.3 is 0 Å². The summed E-state index contributed by atoms with van der Waals surface area (Å²) in [6.45, 7) is -1.72. The molecule has 1 spiro atoms. The molecule has 5 rings (SSSR count). The second kappa shape index (κ2) is 8.97. The number of nitrogens with one attached hydrogen (secondary N) is 1. The standard InChI is InChI=1S/C24H25ClF4N4O2S/c1-32-22(15-2-7-19(26)8-3-15)12-20(30-32)9-4-16-10-17-5-6-18(11-21(16)25)23(17)13-33(14-24(27,28)29)36(34,35)31-23/h2-4,7-9,12,17-18,31H,5-6,10-11,13-14H2,1H3/b9-4+/t17-,18+,23?/m1/s1. The molecule has 0 radical (unpaired) electrons. The van der Waals surface area contributed by atoms with E-state index >= 15 is 0 Å². The maximum atomic E-state index is 13.3. The number of halogens is 5. The van der Waals surface area contributed by atoms with Crippen molar-refractivity contribution in [3.05, 3.63) is 58.5 Å². The van der Waals surface area contributed by atoms with Crippen molar-refractivity contribution < 1.29 is 26.0 Å². The van der Waals surface area contributed by atoms with Gasteiger partial charge in [-0.3, -0.25) is 4.68 Å². The molecular weight excluding hydrogens is 520 g/mol. The lowest BCUT2D eigenvalue weighted by Gasteiger charge is -2.34. The van der Waals surface area contributed by atoms with Crippen LogP contribution in [0.2, 0.25) is 0 Å². The molecule has 1 saturated carbocycles. The zero-order chi connectivity index (χ0) is 25.9. The van der Waals surface area contributed by atoms with Crippen LogP contribution in [-0.2, 0) is 17.3 Å². The van der Waals surface area contributed by atoms with E-state index in [0.29, 0.717) is 40.7 Å². The molecule has 194 valence electrons. The number of nitrogens with zero attached hydrogens (tertiary/aromatic N) is 3. The van der Waals surface area contributed by atoms with Crippen LogP contribution in [0.1, 0.15) is 31.4 Å². The fourth-order valence-corrected chi connectivity index (χ4v) is 7.86. The average molecular weight is 545 g/mol. The fraction of sp³-hybridized carbons (Fsp3) is 0.458. The monoisotopic (exact) mass is 544 g/mol. The van der Waals surface area contributed by atoms with Gasteiger partial charge in [0.25, 0.3) is 10.2 Å². The van der Waals surface area contributed by atoms with Gasteiger partial charge >= 0.3 is 6.18 Å². The van der Waals surface area contributed by atoms with Gasteiger partial charge in [-0.2, -0.15) is 35.7 Å². The molecule has 2 aliphatic carbocycles. The molecule has 12 heteroatoms. The Balaban J connectivity index is 1.37. The Morgan fingerprint density at radius 3 is 2.50 bits per heavy atom. The minimum absolute atomic E-state index is 0.176. The average Bonchev–Trinajstić information content (AvgIpc) is 3.35. The first-order valence-corrected chi connectivity index (χ1v) is 13.4. The predicted molar refractivity (Wildman–Crippen MR) is 128 cm³/mol. The Morgan fingerprint density at radius 2 is 1.83 bits per heavy atom. The van der Waals surface area contributed by atoms with Gasteiger partial charge in [0, 0.05) is 18.6 Å². The molecule has 36 heavy (non-hydrogen) atoms. The number of rotatable bonds is 4. The Bertz CT molecular complexity index is 1340. The summed E-state index contributed by atoms with van der Waals surface area (Å²) in [5.74, 6) is -0.687. The topological polar surface area (TPSA) is 67.2 Å². The molecule has 1 aromatic carbocycles. The third kappa shape index (κ3) is 4.73. The molecule has 1 N–H and O–H groups in total. The molecule has 2 aromatic rings. The highest BCUT2D eigenvalue weighted by atomic mass is 35.5. The summed E-state index contributed by atoms with van der Waals surface area (Å²) in [7, 11) is -2.46. The minimum Gasteiger partial charge on any atom is -0.267 e. The maximum Gasteiger partial charge on any atom is 0.402 e. The van der Waals surface area contributed by atoms with Crippen LogP contribution in [0.3, 0.4) is 0 Å². The van der Waals surface area contributed by atoms with E-state index in [1.807, 2.05) is 18.2 Å². The van der Waals surface area contributed by atoms with Crippen LogP contribution in [0.25, 0.3) is 17.3 Å². The van der Waals surface area contributed by atoms with Gasteiger partial charge in [0.2, 0.25) is 0 Å². The van der Waals surface area contributed by atoms with Crippen LogP contribution in [0.4, 0.5) is 17.6 Å². The van der Waals surface area contributed by atoms with Crippen LogP contribution in [0.5, 0.6) is 0 Å². The summed E-state index contributed by atoms with van der Waals surface area (Å²) in [5.41, 5.74) is 2.13. The number of alkyl halides is 3. The van der Waals surface area contributed by atoms with E-state index in [1.54, 1.807) is 23.9 Å². The highest BCUT2D eigenvalue weighted by Crippen LogP contribution is 2.53. The number of hydrogen-bond acceptors (Lipinski definition) is 3. The van der Waals surface area contributed by atoms with E-state index in [4.69, 9.17) is 11.6 Å². The van der Waals surface area contributed by atoms with Crippen molar-refractivity contribution >= 4 is 27.9 Å². The van der Waals surface area contributed by atoms with Crippen LogP contribution < -0.4 is 4.72 Å². The Hall–Kier alpha value is -2.21.